The third kappa shape index (κ3) is 2.75. The molecule has 1 unspecified atom stereocenters. The fraction of sp³-hybridized carbons (Fsp3) is 0.125. The van der Waals surface area contributed by atoms with E-state index in [-0.39, 0.29) is 17.5 Å². The van der Waals surface area contributed by atoms with Gasteiger partial charge in [-0.25, -0.2) is 4.98 Å². The third-order valence-corrected chi connectivity index (χ3v) is 3.54. The van der Waals surface area contributed by atoms with E-state index in [2.05, 4.69) is 20.5 Å². The number of rotatable bonds is 3. The second kappa shape index (κ2) is 5.87. The highest BCUT2D eigenvalue weighted by molar-refractivity contribution is 6.09. The average Bonchev–Trinajstić information content (AvgIpc) is 3.03. The normalized spacial score (nSPS) is 11.9. The third-order valence-electron chi connectivity index (χ3n) is 3.54. The molecule has 0 saturated heterocycles. The number of carbonyl (C=O) groups excluding carboxylic acids is 1. The van der Waals surface area contributed by atoms with Crippen molar-refractivity contribution >= 4 is 22.6 Å². The van der Waals surface area contributed by atoms with Gasteiger partial charge in [0.1, 0.15) is 0 Å². The summed E-state index contributed by atoms with van der Waals surface area (Å²) in [5, 5.41) is 19.4. The van der Waals surface area contributed by atoms with Gasteiger partial charge in [0.05, 0.1) is 34.5 Å². The predicted molar refractivity (Wildman–Crippen MR) is 85.6 cm³/mol. The minimum atomic E-state index is -0.369. The number of nitrogens with two attached hydrogens (primary N) is 1. The number of nitriles is 1. The summed E-state index contributed by atoms with van der Waals surface area (Å²) >= 11 is 0. The van der Waals surface area contributed by atoms with Crippen LogP contribution in [0.4, 0.5) is 5.69 Å². The molecule has 7 nitrogen and oxygen atoms in total. The van der Waals surface area contributed by atoms with Crippen molar-refractivity contribution in [2.45, 2.75) is 13.0 Å². The number of pyridine rings is 1. The quantitative estimate of drug-likeness (QED) is 0.684. The molecule has 0 saturated carbocycles. The Morgan fingerprint density at radius 3 is 3.00 bits per heavy atom. The Kier molecular flexibility index (Phi) is 3.75. The van der Waals surface area contributed by atoms with Gasteiger partial charge in [-0.05, 0) is 30.7 Å². The van der Waals surface area contributed by atoms with E-state index in [4.69, 9.17) is 5.73 Å². The fourth-order valence-electron chi connectivity index (χ4n) is 2.29. The molecule has 4 N–H and O–H groups in total. The molecule has 3 rings (SSSR count). The summed E-state index contributed by atoms with van der Waals surface area (Å²) in [7, 11) is 0. The number of nitrogens with one attached hydrogen (secondary N) is 2. The van der Waals surface area contributed by atoms with Crippen molar-refractivity contribution in [2.75, 3.05) is 5.32 Å². The van der Waals surface area contributed by atoms with Crippen molar-refractivity contribution in [3.63, 3.8) is 0 Å². The largest absolute Gasteiger partial charge is 0.324 e. The Morgan fingerprint density at radius 2 is 2.26 bits per heavy atom. The van der Waals surface area contributed by atoms with E-state index in [0.717, 1.165) is 5.56 Å². The maximum atomic E-state index is 12.5. The molecule has 1 aromatic carbocycles. The van der Waals surface area contributed by atoms with Crippen molar-refractivity contribution in [1.82, 2.24) is 15.2 Å². The number of fused-ring (bicyclic) bond motifs is 1. The van der Waals surface area contributed by atoms with Crippen LogP contribution < -0.4 is 11.1 Å². The van der Waals surface area contributed by atoms with Crippen molar-refractivity contribution in [2.24, 2.45) is 5.73 Å². The van der Waals surface area contributed by atoms with Crippen molar-refractivity contribution < 1.29 is 4.79 Å². The molecule has 2 aromatic heterocycles. The second-order valence-corrected chi connectivity index (χ2v) is 5.15. The lowest BCUT2D eigenvalue weighted by Gasteiger charge is -2.10. The number of hydrogen-bond acceptors (Lipinski definition) is 5. The smallest absolute Gasteiger partial charge is 0.257 e. The molecule has 2 heterocycles. The van der Waals surface area contributed by atoms with E-state index in [0.29, 0.717) is 22.3 Å². The van der Waals surface area contributed by atoms with E-state index < -0.39 is 0 Å². The summed E-state index contributed by atoms with van der Waals surface area (Å²) in [5.41, 5.74) is 8.36. The molecule has 0 spiro atoms. The number of anilines is 1. The SMILES string of the molecule is CC(N)c1ccc(C(=O)Nc2ccnc3[nH]ncc23)c(C#N)c1. The van der Waals surface area contributed by atoms with Gasteiger partial charge in [-0.2, -0.15) is 10.4 Å². The van der Waals surface area contributed by atoms with Crippen LogP contribution in [-0.2, 0) is 0 Å². The van der Waals surface area contributed by atoms with Gasteiger partial charge in [0.2, 0.25) is 0 Å². The monoisotopic (exact) mass is 306 g/mol. The maximum Gasteiger partial charge on any atom is 0.257 e. The molecule has 1 amide bonds. The second-order valence-electron chi connectivity index (χ2n) is 5.15. The molecule has 7 heteroatoms. The van der Waals surface area contributed by atoms with Crippen LogP contribution >= 0.6 is 0 Å². The Morgan fingerprint density at radius 1 is 1.43 bits per heavy atom. The number of benzene rings is 1. The standard InChI is InChI=1S/C16H14N6O/c1-9(18)10-2-3-12(11(6-10)7-17)16(23)21-14-4-5-19-15-13(14)8-20-22-15/h2-6,8-9H,18H2,1H3,(H2,19,20,21,22,23). The molecule has 0 aliphatic heterocycles. The lowest BCUT2D eigenvalue weighted by atomic mass is 10.0. The van der Waals surface area contributed by atoms with Gasteiger partial charge in [-0.15, -0.1) is 0 Å². The number of H-pyrrole nitrogens is 1. The molecule has 3 aromatic rings. The van der Waals surface area contributed by atoms with Crippen LogP contribution in [0.1, 0.15) is 34.5 Å². The van der Waals surface area contributed by atoms with Crippen LogP contribution in [0.25, 0.3) is 11.0 Å². The maximum absolute atomic E-state index is 12.5. The highest BCUT2D eigenvalue weighted by Gasteiger charge is 2.15. The van der Waals surface area contributed by atoms with Gasteiger partial charge in [0.15, 0.2) is 5.65 Å². The number of hydrogen-bond donors (Lipinski definition) is 3. The summed E-state index contributed by atoms with van der Waals surface area (Å²) < 4.78 is 0. The summed E-state index contributed by atoms with van der Waals surface area (Å²) in [5.74, 6) is -0.369. The Balaban J connectivity index is 1.95. The molecule has 0 aliphatic carbocycles. The minimum absolute atomic E-state index is 0.204. The lowest BCUT2D eigenvalue weighted by molar-refractivity contribution is 0.102. The number of aromatic amines is 1. The van der Waals surface area contributed by atoms with Gasteiger partial charge in [-0.3, -0.25) is 9.89 Å². The van der Waals surface area contributed by atoms with Crippen molar-refractivity contribution in [1.29, 1.82) is 5.26 Å². The first-order chi connectivity index (χ1) is 11.1. The molecule has 114 valence electrons. The molecule has 0 bridgehead atoms. The number of nitrogens with zero attached hydrogens (tertiary/aromatic N) is 3. The molecular formula is C16H14N6O. The zero-order chi connectivity index (χ0) is 16.4. The van der Waals surface area contributed by atoms with Gasteiger partial charge in [0.25, 0.3) is 5.91 Å². The first kappa shape index (κ1) is 14.7. The Hall–Kier alpha value is -3.24. The van der Waals surface area contributed by atoms with Crippen LogP contribution in [0.2, 0.25) is 0 Å². The van der Waals surface area contributed by atoms with Crippen molar-refractivity contribution in [3.8, 4) is 6.07 Å². The molecule has 0 radical (unpaired) electrons. The summed E-state index contributed by atoms with van der Waals surface area (Å²) in [6, 6.07) is 8.52. The molecule has 1 atom stereocenters. The van der Waals surface area contributed by atoms with Gasteiger partial charge in [0, 0.05) is 12.2 Å². The van der Waals surface area contributed by atoms with Crippen molar-refractivity contribution in [3.05, 3.63) is 53.3 Å². The van der Waals surface area contributed by atoms with E-state index in [1.165, 1.54) is 0 Å². The number of aromatic nitrogens is 3. The van der Waals surface area contributed by atoms with Crippen LogP contribution in [0.5, 0.6) is 0 Å². The van der Waals surface area contributed by atoms with E-state index in [9.17, 15) is 10.1 Å². The van der Waals surface area contributed by atoms with Gasteiger partial charge in [-0.1, -0.05) is 6.07 Å². The van der Waals surface area contributed by atoms with E-state index >= 15 is 0 Å². The van der Waals surface area contributed by atoms with Crippen LogP contribution in [0.3, 0.4) is 0 Å². The first-order valence-corrected chi connectivity index (χ1v) is 6.99. The zero-order valence-corrected chi connectivity index (χ0v) is 12.4. The van der Waals surface area contributed by atoms with Crippen LogP contribution in [0, 0.1) is 11.3 Å². The highest BCUT2D eigenvalue weighted by Crippen LogP contribution is 2.21. The summed E-state index contributed by atoms with van der Waals surface area (Å²) in [4.78, 5) is 16.6. The summed E-state index contributed by atoms with van der Waals surface area (Å²) in [6.45, 7) is 1.82. The molecular weight excluding hydrogens is 292 g/mol. The fourth-order valence-corrected chi connectivity index (χ4v) is 2.29. The van der Waals surface area contributed by atoms with Gasteiger partial charge >= 0.3 is 0 Å². The topological polar surface area (TPSA) is 120 Å². The Labute approximate surface area is 132 Å². The van der Waals surface area contributed by atoms with Gasteiger partial charge < -0.3 is 11.1 Å². The average molecular weight is 306 g/mol. The Bertz CT molecular complexity index is 922. The van der Waals surface area contributed by atoms with E-state index in [1.54, 1.807) is 36.7 Å². The highest BCUT2D eigenvalue weighted by atomic mass is 16.1. The van der Waals surface area contributed by atoms with Crippen LogP contribution in [-0.4, -0.2) is 21.1 Å². The van der Waals surface area contributed by atoms with Crippen LogP contribution in [0.15, 0.2) is 36.7 Å². The minimum Gasteiger partial charge on any atom is -0.324 e. The molecule has 0 aliphatic rings. The first-order valence-electron chi connectivity index (χ1n) is 6.99. The van der Waals surface area contributed by atoms with E-state index in [1.807, 2.05) is 13.0 Å². The number of carbonyl (C=O) groups is 1. The number of amides is 1. The molecule has 0 fully saturated rings. The zero-order valence-electron chi connectivity index (χ0n) is 12.4. The molecule has 23 heavy (non-hydrogen) atoms. The predicted octanol–water partition coefficient (Wildman–Crippen LogP) is 2.10. The lowest BCUT2D eigenvalue weighted by Crippen LogP contribution is -2.15. The summed E-state index contributed by atoms with van der Waals surface area (Å²) in [6.07, 6.45) is 3.16.